The molecule has 0 radical (unpaired) electrons. The van der Waals surface area contributed by atoms with Gasteiger partial charge < -0.3 is 0 Å². The van der Waals surface area contributed by atoms with E-state index in [1.54, 1.807) is 22.9 Å². The summed E-state index contributed by atoms with van der Waals surface area (Å²) in [6, 6.07) is 4.97. The number of rotatable bonds is 6. The van der Waals surface area contributed by atoms with Gasteiger partial charge >= 0.3 is 0 Å². The first-order chi connectivity index (χ1) is 11.0. The number of aryl methyl sites for hydroxylation is 1. The van der Waals surface area contributed by atoms with Crippen LogP contribution in [0.4, 0.5) is 0 Å². The van der Waals surface area contributed by atoms with Crippen LogP contribution in [0.1, 0.15) is 19.8 Å². The van der Waals surface area contributed by atoms with Crippen LogP contribution in [0.2, 0.25) is 0 Å². The third-order valence-electron chi connectivity index (χ3n) is 3.17. The molecule has 3 aromatic rings. The molecule has 0 aliphatic heterocycles. The van der Waals surface area contributed by atoms with Gasteiger partial charge in [0.1, 0.15) is 0 Å². The lowest BCUT2D eigenvalue weighted by atomic mass is 10.3. The summed E-state index contributed by atoms with van der Waals surface area (Å²) in [5.41, 5.74) is 0.775. The molecule has 1 aromatic carbocycles. The Hall–Kier alpha value is -1.52. The predicted molar refractivity (Wildman–Crippen MR) is 89.6 cm³/mol. The average molecular weight is 369 g/mol. The Kier molecular flexibility index (Phi) is 4.64. The Morgan fingerprint density at radius 3 is 2.91 bits per heavy atom. The van der Waals surface area contributed by atoms with Gasteiger partial charge in [0.15, 0.2) is 14.2 Å². The van der Waals surface area contributed by atoms with Crippen molar-refractivity contribution in [1.29, 1.82) is 0 Å². The van der Waals surface area contributed by atoms with Crippen LogP contribution in [0.3, 0.4) is 0 Å². The first kappa shape index (κ1) is 16.3. The molecule has 0 spiro atoms. The van der Waals surface area contributed by atoms with Crippen LogP contribution in [-0.4, -0.2) is 39.9 Å². The summed E-state index contributed by atoms with van der Waals surface area (Å²) in [5.74, 6) is 0. The standard InChI is InChI=1S/C13H15N5O2S3/c1-3-4-7-18-12(15-16-17-18)22-13-14-10-6-5-9(23(2,19)20)8-11(10)21-13/h5-6,8H,3-4,7H2,1-2H3. The van der Waals surface area contributed by atoms with Gasteiger partial charge in [0.05, 0.1) is 15.1 Å². The van der Waals surface area contributed by atoms with Crippen molar-refractivity contribution < 1.29 is 8.42 Å². The van der Waals surface area contributed by atoms with Gasteiger partial charge in [-0.05, 0) is 46.8 Å². The molecule has 0 aliphatic carbocycles. The van der Waals surface area contributed by atoms with Gasteiger partial charge in [-0.1, -0.05) is 13.3 Å². The smallest absolute Gasteiger partial charge is 0.216 e. The molecule has 23 heavy (non-hydrogen) atoms. The molecule has 0 atom stereocenters. The molecule has 0 fully saturated rings. The molecule has 2 aromatic heterocycles. The molecule has 0 saturated carbocycles. The number of thiazole rings is 1. The minimum absolute atomic E-state index is 0.304. The highest BCUT2D eigenvalue weighted by atomic mass is 32.2. The summed E-state index contributed by atoms with van der Waals surface area (Å²) < 4.78 is 26.7. The van der Waals surface area contributed by atoms with Crippen LogP contribution in [0, 0.1) is 0 Å². The average Bonchev–Trinajstić information content (AvgIpc) is 3.09. The Bertz CT molecular complexity index is 932. The van der Waals surface area contributed by atoms with Gasteiger partial charge in [0.25, 0.3) is 0 Å². The quantitative estimate of drug-likeness (QED) is 0.659. The van der Waals surface area contributed by atoms with E-state index in [1.807, 2.05) is 0 Å². The molecule has 2 heterocycles. The van der Waals surface area contributed by atoms with Crippen LogP contribution in [0.25, 0.3) is 10.2 Å². The molecule has 0 aliphatic rings. The van der Waals surface area contributed by atoms with Crippen LogP contribution in [-0.2, 0) is 16.4 Å². The van der Waals surface area contributed by atoms with Gasteiger partial charge in [-0.15, -0.1) is 16.4 Å². The van der Waals surface area contributed by atoms with Crippen molar-refractivity contribution in [2.45, 2.75) is 40.7 Å². The summed E-state index contributed by atoms with van der Waals surface area (Å²) in [7, 11) is -3.22. The monoisotopic (exact) mass is 369 g/mol. The molecule has 0 amide bonds. The Balaban J connectivity index is 1.88. The summed E-state index contributed by atoms with van der Waals surface area (Å²) in [5, 5.41) is 12.4. The zero-order valence-corrected chi connectivity index (χ0v) is 15.1. The second-order valence-electron chi connectivity index (χ2n) is 5.02. The molecule has 3 rings (SSSR count). The topological polar surface area (TPSA) is 90.6 Å². The van der Waals surface area contributed by atoms with Gasteiger partial charge in [-0.3, -0.25) is 0 Å². The predicted octanol–water partition coefficient (Wildman–Crippen LogP) is 2.64. The highest BCUT2D eigenvalue weighted by molar-refractivity contribution is 8.01. The Morgan fingerprint density at radius 2 is 2.17 bits per heavy atom. The highest BCUT2D eigenvalue weighted by Crippen LogP contribution is 2.34. The third kappa shape index (κ3) is 3.70. The normalized spacial score (nSPS) is 12.1. The number of fused-ring (bicyclic) bond motifs is 1. The van der Waals surface area contributed by atoms with E-state index in [2.05, 4.69) is 27.4 Å². The van der Waals surface area contributed by atoms with E-state index in [0.717, 1.165) is 33.9 Å². The van der Waals surface area contributed by atoms with Crippen molar-refractivity contribution in [1.82, 2.24) is 25.2 Å². The van der Waals surface area contributed by atoms with Gasteiger partial charge in [0, 0.05) is 12.8 Å². The van der Waals surface area contributed by atoms with Crippen molar-refractivity contribution in [2.75, 3.05) is 6.26 Å². The molecule has 0 saturated heterocycles. The van der Waals surface area contributed by atoms with Crippen LogP contribution in [0.15, 0.2) is 32.6 Å². The molecule has 0 N–H and O–H groups in total. The lowest BCUT2D eigenvalue weighted by Gasteiger charge is -2.00. The number of tetrazole rings is 1. The molecule has 0 unspecified atom stereocenters. The molecular weight excluding hydrogens is 354 g/mol. The first-order valence-corrected chi connectivity index (χ1v) is 10.5. The van der Waals surface area contributed by atoms with Crippen LogP contribution in [0.5, 0.6) is 0 Å². The number of aromatic nitrogens is 5. The SMILES string of the molecule is CCCCn1nnnc1Sc1nc2ccc(S(C)(=O)=O)cc2s1. The second kappa shape index (κ2) is 6.54. The van der Waals surface area contributed by atoms with E-state index in [0.29, 0.717) is 10.1 Å². The van der Waals surface area contributed by atoms with Crippen molar-refractivity contribution in [3.63, 3.8) is 0 Å². The summed E-state index contributed by atoms with van der Waals surface area (Å²) in [6.45, 7) is 2.89. The van der Waals surface area contributed by atoms with Gasteiger partial charge in [-0.25, -0.2) is 18.1 Å². The second-order valence-corrected chi connectivity index (χ2v) is 9.28. The zero-order valence-electron chi connectivity index (χ0n) is 12.6. The number of hydrogen-bond donors (Lipinski definition) is 0. The van der Waals surface area contributed by atoms with E-state index in [-0.39, 0.29) is 0 Å². The molecular formula is C13H15N5O2S3. The van der Waals surface area contributed by atoms with E-state index in [1.165, 1.54) is 29.4 Å². The lowest BCUT2D eigenvalue weighted by Crippen LogP contribution is -2.01. The van der Waals surface area contributed by atoms with Gasteiger partial charge in [-0.2, -0.15) is 0 Å². The fraction of sp³-hybridized carbons (Fsp3) is 0.385. The number of nitrogens with zero attached hydrogens (tertiary/aromatic N) is 5. The molecule has 10 heteroatoms. The van der Waals surface area contributed by atoms with Crippen molar-refractivity contribution in [2.24, 2.45) is 0 Å². The lowest BCUT2D eigenvalue weighted by molar-refractivity contribution is 0.518. The zero-order chi connectivity index (χ0) is 16.4. The highest BCUT2D eigenvalue weighted by Gasteiger charge is 2.14. The minimum Gasteiger partial charge on any atom is -0.229 e. The van der Waals surface area contributed by atoms with Crippen LogP contribution < -0.4 is 0 Å². The number of unbranched alkanes of at least 4 members (excludes halogenated alkanes) is 1. The maximum Gasteiger partial charge on any atom is 0.216 e. The van der Waals surface area contributed by atoms with E-state index in [4.69, 9.17) is 0 Å². The fourth-order valence-electron chi connectivity index (χ4n) is 1.95. The molecule has 122 valence electrons. The maximum absolute atomic E-state index is 11.6. The first-order valence-electron chi connectivity index (χ1n) is 7.02. The maximum atomic E-state index is 11.6. The van der Waals surface area contributed by atoms with Crippen LogP contribution >= 0.6 is 23.1 Å². The number of benzene rings is 1. The largest absolute Gasteiger partial charge is 0.229 e. The van der Waals surface area contributed by atoms with E-state index in [9.17, 15) is 8.42 Å². The number of hydrogen-bond acceptors (Lipinski definition) is 8. The summed E-state index contributed by atoms with van der Waals surface area (Å²) >= 11 is 2.83. The van der Waals surface area contributed by atoms with Crippen molar-refractivity contribution in [3.05, 3.63) is 18.2 Å². The van der Waals surface area contributed by atoms with E-state index < -0.39 is 9.84 Å². The fourth-order valence-corrected chi connectivity index (χ4v) is 4.68. The van der Waals surface area contributed by atoms with Gasteiger partial charge in [0.2, 0.25) is 5.16 Å². The molecule has 0 bridgehead atoms. The Labute approximate surface area is 142 Å². The Morgan fingerprint density at radius 1 is 1.35 bits per heavy atom. The minimum atomic E-state index is -3.22. The number of sulfone groups is 1. The summed E-state index contributed by atoms with van der Waals surface area (Å²) in [4.78, 5) is 4.81. The van der Waals surface area contributed by atoms with E-state index >= 15 is 0 Å². The summed E-state index contributed by atoms with van der Waals surface area (Å²) in [6.07, 6.45) is 3.28. The van der Waals surface area contributed by atoms with Crippen molar-refractivity contribution >= 4 is 43.2 Å². The third-order valence-corrected chi connectivity index (χ3v) is 6.33. The van der Waals surface area contributed by atoms with Crippen molar-refractivity contribution in [3.8, 4) is 0 Å². The molecule has 7 nitrogen and oxygen atoms in total.